The Morgan fingerprint density at radius 2 is 2.14 bits per heavy atom. The maximum absolute atomic E-state index is 12.4. The van der Waals surface area contributed by atoms with Gasteiger partial charge in [-0.25, -0.2) is 9.59 Å². The van der Waals surface area contributed by atoms with Gasteiger partial charge in [-0.3, -0.25) is 4.98 Å². The van der Waals surface area contributed by atoms with Crippen molar-refractivity contribution in [2.24, 2.45) is 0 Å². The van der Waals surface area contributed by atoms with Crippen LogP contribution in [0.25, 0.3) is 0 Å². The van der Waals surface area contributed by atoms with Crippen molar-refractivity contribution >= 4 is 17.7 Å². The van der Waals surface area contributed by atoms with E-state index in [-0.39, 0.29) is 12.0 Å². The molecule has 0 bridgehead atoms. The number of carbonyl (C=O) groups excluding carboxylic acids is 2. The highest BCUT2D eigenvalue weighted by atomic mass is 16.6. The average molecular weight is 305 g/mol. The van der Waals surface area contributed by atoms with Crippen LogP contribution in [0.4, 0.5) is 10.5 Å². The van der Waals surface area contributed by atoms with Crippen LogP contribution in [0.15, 0.2) is 18.3 Å². The fraction of sp³-hybridized carbons (Fsp3) is 0.562. The van der Waals surface area contributed by atoms with Gasteiger partial charge in [-0.1, -0.05) is 0 Å². The molecule has 2 amide bonds. The fourth-order valence-electron chi connectivity index (χ4n) is 2.44. The zero-order valence-electron chi connectivity index (χ0n) is 13.5. The van der Waals surface area contributed by atoms with Gasteiger partial charge in [0.2, 0.25) is 0 Å². The summed E-state index contributed by atoms with van der Waals surface area (Å²) in [6.45, 7) is 7.88. The van der Waals surface area contributed by atoms with E-state index in [1.165, 1.54) is 0 Å². The third kappa shape index (κ3) is 4.19. The summed E-state index contributed by atoms with van der Waals surface area (Å²) >= 11 is 0. The van der Waals surface area contributed by atoms with Gasteiger partial charge in [-0.2, -0.15) is 0 Å². The van der Waals surface area contributed by atoms with Crippen molar-refractivity contribution in [1.29, 1.82) is 0 Å². The molecule has 120 valence electrons. The van der Waals surface area contributed by atoms with Crippen molar-refractivity contribution in [2.45, 2.75) is 52.2 Å². The summed E-state index contributed by atoms with van der Waals surface area (Å²) < 4.78 is 5.40. The Hall–Kier alpha value is -2.11. The number of rotatable bonds is 2. The number of aromatic nitrogens is 1. The molecule has 0 spiro atoms. The number of aryl methyl sites for hydroxylation is 1. The maximum Gasteiger partial charge on any atom is 0.329 e. The van der Waals surface area contributed by atoms with Crippen LogP contribution in [0.3, 0.4) is 0 Å². The highest BCUT2D eigenvalue weighted by Gasteiger charge is 2.36. The van der Waals surface area contributed by atoms with E-state index >= 15 is 0 Å². The number of amides is 2. The molecule has 1 aromatic rings. The van der Waals surface area contributed by atoms with E-state index in [4.69, 9.17) is 4.74 Å². The van der Waals surface area contributed by atoms with Crippen molar-refractivity contribution in [1.82, 2.24) is 9.88 Å². The summed E-state index contributed by atoms with van der Waals surface area (Å²) in [6.07, 6.45) is 3.07. The lowest BCUT2D eigenvalue weighted by molar-refractivity contribution is -0.159. The zero-order valence-corrected chi connectivity index (χ0v) is 13.5. The molecular formula is C16H23N3O3. The smallest absolute Gasteiger partial charge is 0.329 e. The number of pyridine rings is 1. The molecule has 0 aromatic carbocycles. The third-order valence-corrected chi connectivity index (χ3v) is 3.34. The second kappa shape index (κ2) is 6.34. The lowest BCUT2D eigenvalue weighted by Gasteiger charge is -2.27. The molecule has 22 heavy (non-hydrogen) atoms. The molecule has 0 aliphatic carbocycles. The van der Waals surface area contributed by atoms with Gasteiger partial charge in [0.1, 0.15) is 11.6 Å². The van der Waals surface area contributed by atoms with E-state index in [1.54, 1.807) is 23.2 Å². The second-order valence-electron chi connectivity index (χ2n) is 6.50. The molecule has 2 rings (SSSR count). The van der Waals surface area contributed by atoms with Gasteiger partial charge in [-0.05, 0) is 52.7 Å². The van der Waals surface area contributed by atoms with E-state index < -0.39 is 11.6 Å². The van der Waals surface area contributed by atoms with E-state index in [9.17, 15) is 9.59 Å². The number of nitrogens with one attached hydrogen (secondary N) is 1. The molecule has 1 aromatic heterocycles. The zero-order chi connectivity index (χ0) is 16.3. The number of anilines is 1. The molecule has 1 fully saturated rings. The Labute approximate surface area is 130 Å². The molecule has 1 atom stereocenters. The standard InChI is InChI=1S/C16H23N3O3/c1-11-10-12(7-8-17-11)18-15(21)19-9-5-6-13(19)14(20)22-16(2,3)4/h7-8,10,13H,5-6,9H2,1-4H3,(H,17,18,21)/t13-/m0/s1. The summed E-state index contributed by atoms with van der Waals surface area (Å²) in [5.74, 6) is -0.342. The van der Waals surface area contributed by atoms with E-state index in [2.05, 4.69) is 10.3 Å². The summed E-state index contributed by atoms with van der Waals surface area (Å²) in [4.78, 5) is 30.3. The average Bonchev–Trinajstić information content (AvgIpc) is 2.85. The number of carbonyl (C=O) groups is 2. The van der Waals surface area contributed by atoms with Crippen LogP contribution in [-0.4, -0.2) is 40.1 Å². The fourth-order valence-corrected chi connectivity index (χ4v) is 2.44. The summed E-state index contributed by atoms with van der Waals surface area (Å²) in [6, 6.07) is 2.72. The van der Waals surface area contributed by atoms with Crippen LogP contribution >= 0.6 is 0 Å². The molecule has 2 heterocycles. The molecule has 1 aliphatic heterocycles. The summed E-state index contributed by atoms with van der Waals surface area (Å²) in [5.41, 5.74) is 0.944. The van der Waals surface area contributed by atoms with E-state index in [1.807, 2.05) is 27.7 Å². The van der Waals surface area contributed by atoms with Gasteiger partial charge < -0.3 is 15.0 Å². The first-order valence-electron chi connectivity index (χ1n) is 7.49. The monoisotopic (exact) mass is 305 g/mol. The maximum atomic E-state index is 12.4. The minimum Gasteiger partial charge on any atom is -0.458 e. The largest absolute Gasteiger partial charge is 0.458 e. The predicted molar refractivity (Wildman–Crippen MR) is 83.6 cm³/mol. The van der Waals surface area contributed by atoms with E-state index in [0.29, 0.717) is 18.7 Å². The number of hydrogen-bond acceptors (Lipinski definition) is 4. The van der Waals surface area contributed by atoms with Crippen LogP contribution in [0.5, 0.6) is 0 Å². The van der Waals surface area contributed by atoms with Gasteiger partial charge in [-0.15, -0.1) is 0 Å². The molecule has 1 saturated heterocycles. The van der Waals surface area contributed by atoms with Gasteiger partial charge in [0, 0.05) is 24.1 Å². The minimum atomic E-state index is -0.552. The first-order valence-corrected chi connectivity index (χ1v) is 7.49. The van der Waals surface area contributed by atoms with Crippen LogP contribution < -0.4 is 5.32 Å². The Morgan fingerprint density at radius 1 is 1.41 bits per heavy atom. The highest BCUT2D eigenvalue weighted by Crippen LogP contribution is 2.22. The van der Waals surface area contributed by atoms with Crippen LogP contribution in [0.1, 0.15) is 39.3 Å². The first-order chi connectivity index (χ1) is 10.3. The van der Waals surface area contributed by atoms with Crippen molar-refractivity contribution in [2.75, 3.05) is 11.9 Å². The minimum absolute atomic E-state index is 0.279. The van der Waals surface area contributed by atoms with Crippen LogP contribution in [0, 0.1) is 6.92 Å². The SMILES string of the molecule is Cc1cc(NC(=O)N2CCC[C@H]2C(=O)OC(C)(C)C)ccn1. The van der Waals surface area contributed by atoms with Crippen LogP contribution in [-0.2, 0) is 9.53 Å². The lowest BCUT2D eigenvalue weighted by atomic mass is 10.1. The Kier molecular flexibility index (Phi) is 4.68. The number of esters is 1. The van der Waals surface area contributed by atoms with Crippen LogP contribution in [0.2, 0.25) is 0 Å². The Morgan fingerprint density at radius 3 is 2.77 bits per heavy atom. The molecule has 0 saturated carbocycles. The third-order valence-electron chi connectivity index (χ3n) is 3.34. The molecule has 1 aliphatic rings. The molecule has 0 radical (unpaired) electrons. The lowest BCUT2D eigenvalue weighted by Crippen LogP contribution is -2.45. The molecule has 6 heteroatoms. The van der Waals surface area contributed by atoms with Crippen molar-refractivity contribution in [3.8, 4) is 0 Å². The van der Waals surface area contributed by atoms with Gasteiger partial charge in [0.05, 0.1) is 0 Å². The summed E-state index contributed by atoms with van der Waals surface area (Å²) in [7, 11) is 0. The van der Waals surface area contributed by atoms with Gasteiger partial charge in [0.25, 0.3) is 0 Å². The van der Waals surface area contributed by atoms with Crippen molar-refractivity contribution in [3.05, 3.63) is 24.0 Å². The number of urea groups is 1. The number of hydrogen-bond donors (Lipinski definition) is 1. The molecule has 6 nitrogen and oxygen atoms in total. The number of ether oxygens (including phenoxy) is 1. The molecule has 0 unspecified atom stereocenters. The summed E-state index contributed by atoms with van der Waals surface area (Å²) in [5, 5.41) is 2.81. The second-order valence-corrected chi connectivity index (χ2v) is 6.50. The normalized spacial score (nSPS) is 18.2. The number of likely N-dealkylation sites (tertiary alicyclic amines) is 1. The quantitative estimate of drug-likeness (QED) is 0.853. The van der Waals surface area contributed by atoms with Crippen molar-refractivity contribution in [3.63, 3.8) is 0 Å². The first kappa shape index (κ1) is 16.3. The molecule has 1 N–H and O–H groups in total. The Balaban J connectivity index is 2.03. The van der Waals surface area contributed by atoms with Crippen molar-refractivity contribution < 1.29 is 14.3 Å². The predicted octanol–water partition coefficient (Wildman–Crippen LogP) is 2.73. The number of nitrogens with zero attached hydrogens (tertiary/aromatic N) is 2. The topological polar surface area (TPSA) is 71.5 Å². The highest BCUT2D eigenvalue weighted by molar-refractivity contribution is 5.93. The molecular weight excluding hydrogens is 282 g/mol. The van der Waals surface area contributed by atoms with Gasteiger partial charge in [0.15, 0.2) is 0 Å². The van der Waals surface area contributed by atoms with E-state index in [0.717, 1.165) is 12.1 Å². The Bertz CT molecular complexity index is 566. The van der Waals surface area contributed by atoms with Gasteiger partial charge >= 0.3 is 12.0 Å².